The van der Waals surface area contributed by atoms with Crippen LogP contribution in [-0.4, -0.2) is 16.1 Å². The van der Waals surface area contributed by atoms with E-state index in [-0.39, 0.29) is 6.42 Å². The van der Waals surface area contributed by atoms with Crippen molar-refractivity contribution in [2.75, 3.05) is 0 Å². The number of nitrogens with zero attached hydrogens (tertiary/aromatic N) is 1. The van der Waals surface area contributed by atoms with Crippen molar-refractivity contribution in [2.24, 2.45) is 5.73 Å². The maximum absolute atomic E-state index is 10.3. The summed E-state index contributed by atoms with van der Waals surface area (Å²) in [5.41, 5.74) is 6.60. The van der Waals surface area contributed by atoms with E-state index in [1.54, 1.807) is 6.20 Å². The highest BCUT2D eigenvalue weighted by atomic mass is 16.1. The molecule has 0 bridgehead atoms. The van der Waals surface area contributed by atoms with E-state index in [4.69, 9.17) is 5.73 Å². The Labute approximate surface area is 70.2 Å². The lowest BCUT2D eigenvalue weighted by molar-refractivity contribution is -0.117. The Kier molecular flexibility index (Phi) is 2.49. The summed E-state index contributed by atoms with van der Waals surface area (Å²) in [4.78, 5) is 10.3. The summed E-state index contributed by atoms with van der Waals surface area (Å²) in [5, 5.41) is 6.51. The number of hydrogen-bond acceptors (Lipinski definition) is 2. The Morgan fingerprint density at radius 1 is 1.83 bits per heavy atom. The topological polar surface area (TPSA) is 71.8 Å². The average molecular weight is 163 g/mol. The molecule has 0 aromatic carbocycles. The second-order valence-electron chi connectivity index (χ2n) is 2.35. The van der Waals surface area contributed by atoms with Gasteiger partial charge in [0, 0.05) is 5.69 Å². The number of nitrogens with one attached hydrogen (secondary N) is 1. The van der Waals surface area contributed by atoms with Crippen LogP contribution in [0.1, 0.15) is 17.7 Å². The first-order valence-corrected chi connectivity index (χ1v) is 3.47. The van der Waals surface area contributed by atoms with E-state index in [1.165, 1.54) is 0 Å². The predicted molar refractivity (Wildman–Crippen MR) is 44.0 cm³/mol. The minimum absolute atomic E-state index is 0.0879. The second kappa shape index (κ2) is 3.58. The van der Waals surface area contributed by atoms with Gasteiger partial charge in [0.2, 0.25) is 5.91 Å². The largest absolute Gasteiger partial charge is 0.369 e. The van der Waals surface area contributed by atoms with E-state index < -0.39 is 5.91 Å². The molecule has 3 N–H and O–H groups in total. The van der Waals surface area contributed by atoms with Crippen molar-refractivity contribution < 1.29 is 4.79 Å². The van der Waals surface area contributed by atoms with Crippen LogP contribution in [0, 0.1) is 18.8 Å². The van der Waals surface area contributed by atoms with Crippen LogP contribution in [0.4, 0.5) is 0 Å². The fraction of sp³-hybridized carbons (Fsp3) is 0.250. The van der Waals surface area contributed by atoms with Gasteiger partial charge in [-0.3, -0.25) is 9.89 Å². The van der Waals surface area contributed by atoms with E-state index in [9.17, 15) is 4.79 Å². The highest BCUT2D eigenvalue weighted by Gasteiger charge is 1.93. The molecule has 0 aliphatic heterocycles. The molecule has 0 atom stereocenters. The predicted octanol–water partition coefficient (Wildman–Crippen LogP) is -0.0550. The number of carbonyl (C=O) groups excluding carboxylic acids is 1. The van der Waals surface area contributed by atoms with Crippen molar-refractivity contribution in [3.05, 3.63) is 17.5 Å². The molecular formula is C8H9N3O. The zero-order valence-electron chi connectivity index (χ0n) is 6.72. The minimum Gasteiger partial charge on any atom is -0.369 e. The van der Waals surface area contributed by atoms with Gasteiger partial charge < -0.3 is 5.73 Å². The molecule has 12 heavy (non-hydrogen) atoms. The van der Waals surface area contributed by atoms with E-state index >= 15 is 0 Å². The molecular weight excluding hydrogens is 154 g/mol. The maximum Gasteiger partial charge on any atom is 0.229 e. The molecule has 4 nitrogen and oxygen atoms in total. The van der Waals surface area contributed by atoms with Gasteiger partial charge in [-0.25, -0.2) is 0 Å². The fourth-order valence-electron chi connectivity index (χ4n) is 0.703. The van der Waals surface area contributed by atoms with Crippen LogP contribution in [-0.2, 0) is 4.79 Å². The Balaban J connectivity index is 2.67. The molecule has 0 unspecified atom stereocenters. The van der Waals surface area contributed by atoms with Crippen LogP contribution in [0.2, 0.25) is 0 Å². The van der Waals surface area contributed by atoms with Crippen molar-refractivity contribution in [3.63, 3.8) is 0 Å². The molecule has 0 aliphatic rings. The highest BCUT2D eigenvalue weighted by Crippen LogP contribution is 1.98. The Bertz CT molecular complexity index is 343. The third-order valence-corrected chi connectivity index (χ3v) is 1.32. The van der Waals surface area contributed by atoms with Crippen LogP contribution in [0.5, 0.6) is 0 Å². The van der Waals surface area contributed by atoms with Gasteiger partial charge in [0.1, 0.15) is 0 Å². The molecule has 0 saturated heterocycles. The van der Waals surface area contributed by atoms with Crippen LogP contribution < -0.4 is 5.73 Å². The number of H-pyrrole nitrogens is 1. The van der Waals surface area contributed by atoms with Gasteiger partial charge in [-0.05, 0) is 6.92 Å². The summed E-state index contributed by atoms with van der Waals surface area (Å²) in [7, 11) is 0. The molecule has 1 rings (SSSR count). The Hall–Kier alpha value is -1.76. The Morgan fingerprint density at radius 2 is 2.58 bits per heavy atom. The van der Waals surface area contributed by atoms with Crippen LogP contribution in [0.3, 0.4) is 0 Å². The quantitative estimate of drug-likeness (QED) is 0.569. The van der Waals surface area contributed by atoms with Gasteiger partial charge in [0.25, 0.3) is 0 Å². The number of primary amides is 1. The number of amides is 1. The summed E-state index contributed by atoms with van der Waals surface area (Å²) >= 11 is 0. The number of rotatable bonds is 1. The van der Waals surface area contributed by atoms with Crippen LogP contribution in [0.15, 0.2) is 6.20 Å². The molecule has 0 saturated carbocycles. The van der Waals surface area contributed by atoms with Crippen molar-refractivity contribution in [1.29, 1.82) is 0 Å². The van der Waals surface area contributed by atoms with Crippen molar-refractivity contribution >= 4 is 5.91 Å². The molecule has 1 heterocycles. The molecule has 0 fully saturated rings. The minimum atomic E-state index is -0.413. The normalized spacial score (nSPS) is 8.75. The summed E-state index contributed by atoms with van der Waals surface area (Å²) < 4.78 is 0. The average Bonchev–Trinajstić information content (AvgIpc) is 2.36. The summed E-state index contributed by atoms with van der Waals surface area (Å²) in [6.07, 6.45) is 1.70. The van der Waals surface area contributed by atoms with Crippen molar-refractivity contribution in [1.82, 2.24) is 10.2 Å². The summed E-state index contributed by atoms with van der Waals surface area (Å²) in [5.74, 6) is 5.01. The monoisotopic (exact) mass is 163 g/mol. The fourth-order valence-corrected chi connectivity index (χ4v) is 0.703. The third kappa shape index (κ3) is 2.13. The maximum atomic E-state index is 10.3. The van der Waals surface area contributed by atoms with E-state index in [0.29, 0.717) is 0 Å². The second-order valence-corrected chi connectivity index (χ2v) is 2.35. The van der Waals surface area contributed by atoms with Crippen LogP contribution >= 0.6 is 0 Å². The lowest BCUT2D eigenvalue weighted by Gasteiger charge is -1.82. The van der Waals surface area contributed by atoms with Gasteiger partial charge in [-0.2, -0.15) is 5.10 Å². The number of aromatic amines is 1. The molecule has 1 amide bonds. The molecule has 4 heteroatoms. The van der Waals surface area contributed by atoms with E-state index in [0.717, 1.165) is 11.3 Å². The van der Waals surface area contributed by atoms with Gasteiger partial charge in [0.05, 0.1) is 18.2 Å². The highest BCUT2D eigenvalue weighted by molar-refractivity contribution is 5.76. The Morgan fingerprint density at radius 3 is 3.08 bits per heavy atom. The van der Waals surface area contributed by atoms with Crippen molar-refractivity contribution in [2.45, 2.75) is 13.3 Å². The number of nitrogens with two attached hydrogens (primary N) is 1. The zero-order valence-corrected chi connectivity index (χ0v) is 6.72. The first-order chi connectivity index (χ1) is 5.70. The lowest BCUT2D eigenvalue weighted by Crippen LogP contribution is -2.08. The summed E-state index contributed by atoms with van der Waals surface area (Å²) in [6.45, 7) is 1.86. The molecule has 1 aromatic heterocycles. The smallest absolute Gasteiger partial charge is 0.229 e. The molecule has 0 spiro atoms. The van der Waals surface area contributed by atoms with E-state index in [2.05, 4.69) is 22.0 Å². The standard InChI is InChI=1S/C8H9N3O/c1-6-7(5-10-11-6)3-2-4-8(9)12/h5H,4H2,1H3,(H2,9,12)(H,10,11). The molecule has 0 aliphatic carbocycles. The number of hydrogen-bond donors (Lipinski definition) is 2. The number of aromatic nitrogens is 2. The first-order valence-electron chi connectivity index (χ1n) is 3.47. The summed E-state index contributed by atoms with van der Waals surface area (Å²) in [6, 6.07) is 0. The van der Waals surface area contributed by atoms with Gasteiger partial charge in [-0.15, -0.1) is 0 Å². The third-order valence-electron chi connectivity index (χ3n) is 1.32. The van der Waals surface area contributed by atoms with Gasteiger partial charge >= 0.3 is 0 Å². The number of carbonyl (C=O) groups is 1. The first kappa shape index (κ1) is 8.34. The molecule has 1 aromatic rings. The van der Waals surface area contributed by atoms with Gasteiger partial charge in [-0.1, -0.05) is 11.8 Å². The van der Waals surface area contributed by atoms with Gasteiger partial charge in [0.15, 0.2) is 0 Å². The SMILES string of the molecule is Cc1[nH]ncc1C#CCC(N)=O. The number of aryl methyl sites for hydroxylation is 1. The van der Waals surface area contributed by atoms with Crippen molar-refractivity contribution in [3.8, 4) is 11.8 Å². The molecule has 0 radical (unpaired) electrons. The zero-order chi connectivity index (χ0) is 8.97. The lowest BCUT2D eigenvalue weighted by atomic mass is 10.2. The van der Waals surface area contributed by atoms with Crippen LogP contribution in [0.25, 0.3) is 0 Å². The van der Waals surface area contributed by atoms with E-state index in [1.807, 2.05) is 6.92 Å². The molecule has 62 valence electrons.